The van der Waals surface area contributed by atoms with E-state index in [1.165, 1.54) is 5.56 Å². The third-order valence-electron chi connectivity index (χ3n) is 3.68. The molecule has 0 saturated carbocycles. The lowest BCUT2D eigenvalue weighted by atomic mass is 9.90. The smallest absolute Gasteiger partial charge is 0.119 e. The van der Waals surface area contributed by atoms with Gasteiger partial charge >= 0.3 is 0 Å². The first-order valence-electron chi connectivity index (χ1n) is 6.87. The van der Waals surface area contributed by atoms with Crippen LogP contribution in [0.25, 0.3) is 0 Å². The van der Waals surface area contributed by atoms with E-state index in [-0.39, 0.29) is 11.5 Å². The molecule has 0 saturated heterocycles. The third kappa shape index (κ3) is 3.48. The van der Waals surface area contributed by atoms with Gasteiger partial charge in [-0.05, 0) is 62.8 Å². The van der Waals surface area contributed by atoms with Gasteiger partial charge in [0, 0.05) is 0 Å². The molecule has 1 aliphatic carbocycles. The van der Waals surface area contributed by atoms with Gasteiger partial charge < -0.3 is 9.84 Å². The molecule has 2 rings (SSSR count). The van der Waals surface area contributed by atoms with E-state index in [4.69, 9.17) is 10.00 Å². The fourth-order valence-electron chi connectivity index (χ4n) is 2.42. The average Bonchev–Trinajstić information content (AvgIpc) is 2.76. The van der Waals surface area contributed by atoms with Crippen molar-refractivity contribution in [2.75, 3.05) is 6.61 Å². The number of hydrogen-bond acceptors (Lipinski definition) is 3. The van der Waals surface area contributed by atoms with Gasteiger partial charge in [-0.25, -0.2) is 0 Å². The summed E-state index contributed by atoms with van der Waals surface area (Å²) in [4.78, 5) is 0. The number of aryl methyl sites for hydroxylation is 1. The molecule has 0 amide bonds. The standard InChI is InChI=1S/C16H21NO2/c1-16(2,11-17)8-3-9-19-13-5-6-14-12(10-13)4-7-15(14)18/h5-6,10,15,18H,3-4,7-9H2,1-2H3. The molecule has 1 unspecified atom stereocenters. The summed E-state index contributed by atoms with van der Waals surface area (Å²) in [7, 11) is 0. The Balaban J connectivity index is 1.83. The Morgan fingerprint density at radius 3 is 3.00 bits per heavy atom. The number of nitrogens with zero attached hydrogens (tertiary/aromatic N) is 1. The molecule has 0 heterocycles. The summed E-state index contributed by atoms with van der Waals surface area (Å²) in [5.41, 5.74) is 1.96. The summed E-state index contributed by atoms with van der Waals surface area (Å²) < 4.78 is 5.72. The van der Waals surface area contributed by atoms with Crippen LogP contribution in [0, 0.1) is 16.7 Å². The highest BCUT2D eigenvalue weighted by Crippen LogP contribution is 2.33. The number of ether oxygens (including phenoxy) is 1. The van der Waals surface area contributed by atoms with Crippen LogP contribution < -0.4 is 4.74 Å². The van der Waals surface area contributed by atoms with Gasteiger partial charge in [-0.2, -0.15) is 5.26 Å². The number of hydrogen-bond donors (Lipinski definition) is 1. The van der Waals surface area contributed by atoms with E-state index < -0.39 is 0 Å². The summed E-state index contributed by atoms with van der Waals surface area (Å²) in [6.07, 6.45) is 3.15. The number of fused-ring (bicyclic) bond motifs is 1. The molecule has 1 atom stereocenters. The lowest BCUT2D eigenvalue weighted by Gasteiger charge is -2.15. The first kappa shape index (κ1) is 13.9. The maximum absolute atomic E-state index is 9.73. The molecule has 1 N–H and O–H groups in total. The molecule has 0 bridgehead atoms. The van der Waals surface area contributed by atoms with Crippen LogP contribution >= 0.6 is 0 Å². The van der Waals surface area contributed by atoms with Crippen molar-refractivity contribution in [1.82, 2.24) is 0 Å². The van der Waals surface area contributed by atoms with Crippen molar-refractivity contribution in [3.63, 3.8) is 0 Å². The summed E-state index contributed by atoms with van der Waals surface area (Å²) >= 11 is 0. The van der Waals surface area contributed by atoms with E-state index in [1.54, 1.807) is 0 Å². The maximum atomic E-state index is 9.73. The van der Waals surface area contributed by atoms with Gasteiger partial charge in [0.2, 0.25) is 0 Å². The summed E-state index contributed by atoms with van der Waals surface area (Å²) in [5.74, 6) is 0.864. The van der Waals surface area contributed by atoms with Crippen LogP contribution in [0.5, 0.6) is 5.75 Å². The van der Waals surface area contributed by atoms with Crippen molar-refractivity contribution >= 4 is 0 Å². The Morgan fingerprint density at radius 1 is 1.47 bits per heavy atom. The molecule has 1 aromatic carbocycles. The van der Waals surface area contributed by atoms with Gasteiger partial charge in [0.15, 0.2) is 0 Å². The minimum Gasteiger partial charge on any atom is -0.494 e. The van der Waals surface area contributed by atoms with Gasteiger partial charge in [-0.15, -0.1) is 0 Å². The predicted octanol–water partition coefficient (Wildman–Crippen LogP) is 3.37. The highest BCUT2D eigenvalue weighted by atomic mass is 16.5. The Bertz CT molecular complexity index is 488. The molecule has 102 valence electrons. The van der Waals surface area contributed by atoms with Crippen LogP contribution in [0.4, 0.5) is 0 Å². The van der Waals surface area contributed by atoms with E-state index in [0.29, 0.717) is 6.61 Å². The van der Waals surface area contributed by atoms with Crippen molar-refractivity contribution in [2.45, 2.75) is 45.6 Å². The van der Waals surface area contributed by atoms with E-state index in [1.807, 2.05) is 32.0 Å². The Kier molecular flexibility index (Phi) is 4.11. The lowest BCUT2D eigenvalue weighted by molar-refractivity contribution is 0.180. The molecule has 3 heteroatoms. The summed E-state index contributed by atoms with van der Waals surface area (Å²) in [6.45, 7) is 4.53. The van der Waals surface area contributed by atoms with E-state index in [2.05, 4.69) is 6.07 Å². The number of nitriles is 1. The first-order valence-corrected chi connectivity index (χ1v) is 6.87. The van der Waals surface area contributed by atoms with Crippen LogP contribution in [0.15, 0.2) is 18.2 Å². The summed E-state index contributed by atoms with van der Waals surface area (Å²) in [6, 6.07) is 8.20. The number of aliphatic hydroxyl groups is 1. The van der Waals surface area contributed by atoms with Crippen LogP contribution in [-0.2, 0) is 6.42 Å². The van der Waals surface area contributed by atoms with Crippen molar-refractivity contribution < 1.29 is 9.84 Å². The molecule has 0 fully saturated rings. The zero-order valence-electron chi connectivity index (χ0n) is 11.6. The number of benzene rings is 1. The van der Waals surface area contributed by atoms with Crippen molar-refractivity contribution in [2.24, 2.45) is 5.41 Å². The van der Waals surface area contributed by atoms with Crippen LogP contribution in [0.1, 0.15) is 50.3 Å². The van der Waals surface area contributed by atoms with Crippen LogP contribution in [0.2, 0.25) is 0 Å². The second-order valence-electron chi connectivity index (χ2n) is 5.86. The van der Waals surface area contributed by atoms with Gasteiger partial charge in [0.25, 0.3) is 0 Å². The minimum atomic E-state index is -0.305. The molecule has 0 aromatic heterocycles. The second-order valence-corrected chi connectivity index (χ2v) is 5.86. The van der Waals surface area contributed by atoms with Gasteiger partial charge in [-0.3, -0.25) is 0 Å². The van der Waals surface area contributed by atoms with Gasteiger partial charge in [0.05, 0.1) is 24.2 Å². The second kappa shape index (κ2) is 5.63. The Labute approximate surface area is 114 Å². The van der Waals surface area contributed by atoms with Crippen molar-refractivity contribution in [3.05, 3.63) is 29.3 Å². The fraction of sp³-hybridized carbons (Fsp3) is 0.562. The monoisotopic (exact) mass is 259 g/mol. The van der Waals surface area contributed by atoms with Crippen LogP contribution in [-0.4, -0.2) is 11.7 Å². The predicted molar refractivity (Wildman–Crippen MR) is 73.8 cm³/mol. The van der Waals surface area contributed by atoms with E-state index in [0.717, 1.165) is 37.0 Å². The third-order valence-corrected chi connectivity index (χ3v) is 3.68. The zero-order valence-corrected chi connectivity index (χ0v) is 11.6. The molecular weight excluding hydrogens is 238 g/mol. The maximum Gasteiger partial charge on any atom is 0.119 e. The molecule has 1 aromatic rings. The topological polar surface area (TPSA) is 53.2 Å². The van der Waals surface area contributed by atoms with Crippen LogP contribution in [0.3, 0.4) is 0 Å². The molecule has 19 heavy (non-hydrogen) atoms. The fourth-order valence-corrected chi connectivity index (χ4v) is 2.42. The normalized spacial score (nSPS) is 17.9. The van der Waals surface area contributed by atoms with E-state index in [9.17, 15) is 5.11 Å². The minimum absolute atomic E-state index is 0.272. The molecular formula is C16H21NO2. The zero-order chi connectivity index (χ0) is 13.9. The molecule has 0 spiro atoms. The lowest BCUT2D eigenvalue weighted by Crippen LogP contribution is -2.10. The first-order chi connectivity index (χ1) is 9.02. The molecule has 3 nitrogen and oxygen atoms in total. The number of rotatable bonds is 5. The highest BCUT2D eigenvalue weighted by Gasteiger charge is 2.20. The van der Waals surface area contributed by atoms with E-state index >= 15 is 0 Å². The van der Waals surface area contributed by atoms with Crippen molar-refractivity contribution in [3.8, 4) is 11.8 Å². The largest absolute Gasteiger partial charge is 0.494 e. The quantitative estimate of drug-likeness (QED) is 0.825. The Morgan fingerprint density at radius 2 is 2.26 bits per heavy atom. The van der Waals surface area contributed by atoms with Gasteiger partial charge in [0.1, 0.15) is 5.75 Å². The Hall–Kier alpha value is -1.53. The molecule has 0 aliphatic heterocycles. The SMILES string of the molecule is CC(C)(C#N)CCCOc1ccc2c(c1)CCC2O. The summed E-state index contributed by atoms with van der Waals surface area (Å²) in [5, 5.41) is 18.7. The number of aliphatic hydroxyl groups excluding tert-OH is 1. The average molecular weight is 259 g/mol. The molecule has 1 aliphatic rings. The molecule has 0 radical (unpaired) electrons. The van der Waals surface area contributed by atoms with Gasteiger partial charge in [-0.1, -0.05) is 6.07 Å². The van der Waals surface area contributed by atoms with Crippen molar-refractivity contribution in [1.29, 1.82) is 5.26 Å². The highest BCUT2D eigenvalue weighted by molar-refractivity contribution is 5.39.